The number of rotatable bonds is 5. The molecule has 1 aliphatic heterocycles. The third kappa shape index (κ3) is 3.51. The predicted octanol–water partition coefficient (Wildman–Crippen LogP) is 2.64. The molecule has 0 atom stereocenters. The van der Waals surface area contributed by atoms with Gasteiger partial charge in [0.1, 0.15) is 0 Å². The Labute approximate surface area is 146 Å². The normalized spacial score (nSPS) is 14.0. The average Bonchev–Trinajstić information content (AvgIpc) is 2.89. The molecule has 3 rings (SSSR count). The Hall–Kier alpha value is -2.80. The van der Waals surface area contributed by atoms with Gasteiger partial charge >= 0.3 is 0 Å². The highest BCUT2D eigenvalue weighted by atomic mass is 32.2. The average molecular weight is 359 g/mol. The Morgan fingerprint density at radius 2 is 1.80 bits per heavy atom. The number of sulfone groups is 1. The van der Waals surface area contributed by atoms with Crippen LogP contribution in [0, 0.1) is 0 Å². The number of ether oxygens (including phenoxy) is 2. The van der Waals surface area contributed by atoms with Crippen molar-refractivity contribution in [2.75, 3.05) is 19.5 Å². The number of anilines is 1. The molecular formula is C18H17NO5S. The molecule has 0 aromatic heterocycles. The number of hydrogen-bond donors (Lipinski definition) is 1. The molecule has 130 valence electrons. The van der Waals surface area contributed by atoms with Crippen molar-refractivity contribution in [1.82, 2.24) is 0 Å². The van der Waals surface area contributed by atoms with Crippen LogP contribution in [0.2, 0.25) is 0 Å². The van der Waals surface area contributed by atoms with Crippen molar-refractivity contribution in [1.29, 1.82) is 0 Å². The lowest BCUT2D eigenvalue weighted by atomic mass is 10.1. The van der Waals surface area contributed by atoms with Crippen molar-refractivity contribution in [2.45, 2.75) is 11.3 Å². The van der Waals surface area contributed by atoms with Crippen LogP contribution in [0.3, 0.4) is 0 Å². The quantitative estimate of drug-likeness (QED) is 0.887. The highest BCUT2D eigenvalue weighted by Gasteiger charge is 2.21. The van der Waals surface area contributed by atoms with Gasteiger partial charge in [0.25, 0.3) is 0 Å². The van der Waals surface area contributed by atoms with Crippen LogP contribution in [0.1, 0.15) is 11.1 Å². The zero-order valence-corrected chi connectivity index (χ0v) is 14.6. The number of carbonyl (C=O) groups excluding carboxylic acids is 1. The van der Waals surface area contributed by atoms with E-state index in [0.717, 1.165) is 11.0 Å². The molecular weight excluding hydrogens is 342 g/mol. The number of hydrogen-bond acceptors (Lipinski definition) is 5. The first kappa shape index (κ1) is 17.0. The summed E-state index contributed by atoms with van der Waals surface area (Å²) in [7, 11) is -0.331. The summed E-state index contributed by atoms with van der Waals surface area (Å²) in [5.74, 6) is 0.876. The largest absolute Gasteiger partial charge is 0.493 e. The first-order chi connectivity index (χ1) is 11.9. The van der Waals surface area contributed by atoms with E-state index in [1.54, 1.807) is 43.5 Å². The molecule has 1 aliphatic rings. The summed E-state index contributed by atoms with van der Waals surface area (Å²) in [5, 5.41) is 3.88. The molecule has 0 radical (unpaired) electrons. The lowest BCUT2D eigenvalue weighted by Crippen LogP contribution is -2.14. The molecule has 0 unspecified atom stereocenters. The van der Waals surface area contributed by atoms with Crippen LogP contribution in [0.5, 0.6) is 11.5 Å². The summed E-state index contributed by atoms with van der Waals surface area (Å²) in [5.41, 5.74) is 1.82. The van der Waals surface area contributed by atoms with E-state index in [0.29, 0.717) is 22.7 Å². The lowest BCUT2D eigenvalue weighted by Gasteiger charge is -2.10. The minimum Gasteiger partial charge on any atom is -0.493 e. The number of amides is 1. The summed E-state index contributed by atoms with van der Waals surface area (Å²) in [6.07, 6.45) is 1.67. The maximum Gasteiger partial charge on any atom is 0.228 e. The number of carbonyl (C=O) groups is 1. The second-order valence-corrected chi connectivity index (χ2v) is 7.32. The van der Waals surface area contributed by atoms with Crippen molar-refractivity contribution in [3.05, 3.63) is 52.9 Å². The van der Waals surface area contributed by atoms with Crippen LogP contribution in [0.15, 0.2) is 46.7 Å². The van der Waals surface area contributed by atoms with Gasteiger partial charge in [-0.05, 0) is 41.5 Å². The smallest absolute Gasteiger partial charge is 0.228 e. The fraction of sp³-hybridized carbons (Fsp3) is 0.167. The topological polar surface area (TPSA) is 81.7 Å². The number of benzene rings is 2. The fourth-order valence-corrected chi connectivity index (χ4v) is 3.84. The van der Waals surface area contributed by atoms with Gasteiger partial charge < -0.3 is 14.8 Å². The molecule has 0 saturated carbocycles. The first-order valence-corrected chi connectivity index (χ1v) is 9.05. The Morgan fingerprint density at radius 1 is 1.04 bits per heavy atom. The van der Waals surface area contributed by atoms with Crippen LogP contribution < -0.4 is 14.8 Å². The molecule has 6 nitrogen and oxygen atoms in total. The first-order valence-electron chi connectivity index (χ1n) is 7.51. The van der Waals surface area contributed by atoms with Crippen LogP contribution in [-0.2, 0) is 21.1 Å². The van der Waals surface area contributed by atoms with Gasteiger partial charge in [-0.2, -0.15) is 0 Å². The van der Waals surface area contributed by atoms with Gasteiger partial charge in [0, 0.05) is 11.1 Å². The molecule has 2 aromatic carbocycles. The highest BCUT2D eigenvalue weighted by molar-refractivity contribution is 7.94. The van der Waals surface area contributed by atoms with E-state index in [-0.39, 0.29) is 17.2 Å². The summed E-state index contributed by atoms with van der Waals surface area (Å²) in [6, 6.07) is 10.1. The Morgan fingerprint density at radius 3 is 2.52 bits per heavy atom. The van der Waals surface area contributed by atoms with Crippen molar-refractivity contribution < 1.29 is 22.7 Å². The number of methoxy groups -OCH3 is 2. The molecule has 0 fully saturated rings. The fourth-order valence-electron chi connectivity index (χ4n) is 2.61. The van der Waals surface area contributed by atoms with E-state index in [4.69, 9.17) is 9.47 Å². The van der Waals surface area contributed by atoms with Crippen molar-refractivity contribution in [2.24, 2.45) is 0 Å². The molecule has 1 heterocycles. The number of nitrogens with one attached hydrogen (secondary N) is 1. The van der Waals surface area contributed by atoms with Gasteiger partial charge in [0.15, 0.2) is 11.5 Å². The Balaban J connectivity index is 1.74. The highest BCUT2D eigenvalue weighted by Crippen LogP contribution is 2.30. The van der Waals surface area contributed by atoms with Crippen LogP contribution >= 0.6 is 0 Å². The van der Waals surface area contributed by atoms with Gasteiger partial charge in [-0.25, -0.2) is 8.42 Å². The van der Waals surface area contributed by atoms with E-state index in [1.807, 2.05) is 0 Å². The Bertz CT molecular complexity index is 963. The van der Waals surface area contributed by atoms with E-state index >= 15 is 0 Å². The van der Waals surface area contributed by atoms with Gasteiger partial charge in [0.05, 0.1) is 25.5 Å². The van der Waals surface area contributed by atoms with Gasteiger partial charge in [-0.15, -0.1) is 0 Å². The summed E-state index contributed by atoms with van der Waals surface area (Å²) < 4.78 is 34.2. The van der Waals surface area contributed by atoms with E-state index in [2.05, 4.69) is 5.32 Å². The van der Waals surface area contributed by atoms with Gasteiger partial charge in [0.2, 0.25) is 15.7 Å². The molecule has 0 aliphatic carbocycles. The van der Waals surface area contributed by atoms with E-state index in [1.165, 1.54) is 13.2 Å². The summed E-state index contributed by atoms with van der Waals surface area (Å²) in [6.45, 7) is 0. The molecule has 0 bridgehead atoms. The molecule has 7 heteroatoms. The van der Waals surface area contributed by atoms with Crippen LogP contribution in [-0.4, -0.2) is 28.5 Å². The maximum absolute atomic E-state index is 12.2. The SMILES string of the molecule is COc1ccc(CC(=O)Nc2ccc3c(c2)S(=O)(=O)C=C3)cc1OC. The molecule has 0 saturated heterocycles. The monoisotopic (exact) mass is 359 g/mol. The van der Waals surface area contributed by atoms with Crippen LogP contribution in [0.4, 0.5) is 5.69 Å². The molecule has 25 heavy (non-hydrogen) atoms. The van der Waals surface area contributed by atoms with Gasteiger partial charge in [-0.3, -0.25) is 4.79 Å². The molecule has 1 N–H and O–H groups in total. The van der Waals surface area contributed by atoms with Crippen molar-refractivity contribution in [3.8, 4) is 11.5 Å². The molecule has 1 amide bonds. The predicted molar refractivity (Wildman–Crippen MR) is 94.5 cm³/mol. The van der Waals surface area contributed by atoms with Gasteiger partial charge in [-0.1, -0.05) is 12.1 Å². The minimum absolute atomic E-state index is 0.127. The van der Waals surface area contributed by atoms with Crippen molar-refractivity contribution in [3.63, 3.8) is 0 Å². The Kier molecular flexibility index (Phi) is 4.50. The second kappa shape index (κ2) is 6.60. The van der Waals surface area contributed by atoms with Crippen molar-refractivity contribution >= 4 is 27.5 Å². The maximum atomic E-state index is 12.2. The third-order valence-corrected chi connectivity index (χ3v) is 5.30. The third-order valence-electron chi connectivity index (χ3n) is 3.84. The van der Waals surface area contributed by atoms with Crippen LogP contribution in [0.25, 0.3) is 6.08 Å². The minimum atomic E-state index is -3.40. The summed E-state index contributed by atoms with van der Waals surface area (Å²) >= 11 is 0. The standard InChI is InChI=1S/C18H17NO5S/c1-23-15-6-3-12(9-16(15)24-2)10-18(20)19-14-5-4-13-7-8-25(21,22)17(13)11-14/h3-9,11H,10H2,1-2H3,(H,19,20). The lowest BCUT2D eigenvalue weighted by molar-refractivity contribution is -0.115. The zero-order valence-electron chi connectivity index (χ0n) is 13.8. The summed E-state index contributed by atoms with van der Waals surface area (Å²) in [4.78, 5) is 12.5. The second-order valence-electron chi connectivity index (χ2n) is 5.51. The molecule has 2 aromatic rings. The zero-order chi connectivity index (χ0) is 18.0. The number of fused-ring (bicyclic) bond motifs is 1. The van der Waals surface area contributed by atoms with E-state index in [9.17, 15) is 13.2 Å². The molecule has 0 spiro atoms. The van der Waals surface area contributed by atoms with E-state index < -0.39 is 9.84 Å².